The summed E-state index contributed by atoms with van der Waals surface area (Å²) >= 11 is 0. The zero-order valence-corrected chi connectivity index (χ0v) is 18.9. The van der Waals surface area contributed by atoms with Gasteiger partial charge in [-0.3, -0.25) is 0 Å². The first kappa shape index (κ1) is 20.6. The smallest absolute Gasteiger partial charge is 0.261 e. The highest BCUT2D eigenvalue weighted by atomic mass is 28.4. The second-order valence-corrected chi connectivity index (χ2v) is 13.3. The molecule has 1 saturated carbocycles. The number of nitrogens with zero attached hydrogens (tertiary/aromatic N) is 2. The Bertz CT molecular complexity index is 930. The van der Waals surface area contributed by atoms with E-state index in [1.807, 2.05) is 0 Å². The van der Waals surface area contributed by atoms with Crippen LogP contribution in [0.3, 0.4) is 0 Å². The highest BCUT2D eigenvalue weighted by Crippen LogP contribution is 2.40. The van der Waals surface area contributed by atoms with E-state index in [1.54, 1.807) is 6.20 Å². The molecule has 156 valence electrons. The fourth-order valence-electron chi connectivity index (χ4n) is 4.38. The molecule has 0 spiro atoms. The molecule has 3 aromatic rings. The minimum atomic E-state index is -2.49. The topological polar surface area (TPSA) is 73.1 Å². The number of aromatic nitrogens is 2. The molecule has 30 heavy (non-hydrogen) atoms. The molecule has 1 heterocycles. The van der Waals surface area contributed by atoms with Crippen LogP contribution in [0.25, 0.3) is 0 Å². The van der Waals surface area contributed by atoms with Gasteiger partial charge in [0, 0.05) is 12.1 Å². The molecule has 0 saturated heterocycles. The molecule has 2 aromatic carbocycles. The van der Waals surface area contributed by atoms with Crippen LogP contribution in [-0.2, 0) is 4.43 Å². The molecule has 1 aliphatic carbocycles. The summed E-state index contributed by atoms with van der Waals surface area (Å²) < 4.78 is 7.14. The molecule has 5 nitrogen and oxygen atoms in total. The van der Waals surface area contributed by atoms with E-state index in [0.29, 0.717) is 17.5 Å². The number of benzene rings is 2. The Labute approximate surface area is 179 Å². The fraction of sp³-hybridized carbons (Fsp3) is 0.333. The van der Waals surface area contributed by atoms with Gasteiger partial charge in [-0.25, -0.2) is 9.97 Å². The molecule has 1 aromatic heterocycles. The molecule has 6 heteroatoms. The van der Waals surface area contributed by atoms with Gasteiger partial charge in [0.05, 0.1) is 11.9 Å². The summed E-state index contributed by atoms with van der Waals surface area (Å²) in [6, 6.07) is 21.9. The van der Waals surface area contributed by atoms with Gasteiger partial charge in [-0.2, -0.15) is 0 Å². The number of nitrogens with two attached hydrogens (primary N) is 1. The summed E-state index contributed by atoms with van der Waals surface area (Å²) in [6.07, 6.45) is 5.23. The summed E-state index contributed by atoms with van der Waals surface area (Å²) in [7, 11) is -2.49. The third kappa shape index (κ3) is 3.85. The molecule has 4 rings (SSSR count). The van der Waals surface area contributed by atoms with Gasteiger partial charge in [0.2, 0.25) is 0 Å². The second-order valence-electron chi connectivity index (χ2n) is 9.04. The van der Waals surface area contributed by atoms with Gasteiger partial charge in [-0.1, -0.05) is 81.4 Å². The highest BCUT2D eigenvalue weighted by Gasteiger charge is 2.52. The van der Waals surface area contributed by atoms with Crippen LogP contribution < -0.4 is 21.4 Å². The molecule has 0 bridgehead atoms. The SMILES string of the molecule is CC(C)(C)[Si](OC1CC(Nc2ncncc2N)C1)(c1ccccc1)c1ccccc1. The van der Waals surface area contributed by atoms with Crippen LogP contribution in [0.15, 0.2) is 73.2 Å². The average molecular weight is 419 g/mol. The van der Waals surface area contributed by atoms with Gasteiger partial charge in [0.15, 0.2) is 5.82 Å². The van der Waals surface area contributed by atoms with Crippen LogP contribution in [0, 0.1) is 0 Å². The molecule has 1 aliphatic rings. The van der Waals surface area contributed by atoms with Crippen molar-refractivity contribution in [2.24, 2.45) is 0 Å². The van der Waals surface area contributed by atoms with E-state index in [9.17, 15) is 0 Å². The molecular formula is C24H30N4OSi. The molecule has 0 amide bonds. The molecule has 3 N–H and O–H groups in total. The van der Waals surface area contributed by atoms with Gasteiger partial charge >= 0.3 is 0 Å². The van der Waals surface area contributed by atoms with Crippen LogP contribution >= 0.6 is 0 Å². The summed E-state index contributed by atoms with van der Waals surface area (Å²) in [5, 5.41) is 6.07. The lowest BCUT2D eigenvalue weighted by Crippen LogP contribution is -2.69. The lowest BCUT2D eigenvalue weighted by molar-refractivity contribution is 0.0974. The van der Waals surface area contributed by atoms with Gasteiger partial charge < -0.3 is 15.5 Å². The van der Waals surface area contributed by atoms with Crippen LogP contribution in [0.4, 0.5) is 11.5 Å². The first-order valence-corrected chi connectivity index (χ1v) is 12.4. The van der Waals surface area contributed by atoms with Gasteiger partial charge in [0.1, 0.15) is 6.33 Å². The second kappa shape index (κ2) is 8.20. The van der Waals surface area contributed by atoms with Crippen molar-refractivity contribution >= 4 is 30.2 Å². The molecular weight excluding hydrogens is 388 g/mol. The van der Waals surface area contributed by atoms with E-state index in [2.05, 4.69) is 96.7 Å². The maximum Gasteiger partial charge on any atom is 0.261 e. The Morgan fingerprint density at radius 3 is 2.03 bits per heavy atom. The van der Waals surface area contributed by atoms with E-state index < -0.39 is 8.32 Å². The molecule has 1 fully saturated rings. The van der Waals surface area contributed by atoms with Crippen LogP contribution in [0.2, 0.25) is 5.04 Å². The van der Waals surface area contributed by atoms with Gasteiger partial charge in [-0.15, -0.1) is 0 Å². The van der Waals surface area contributed by atoms with Crippen molar-refractivity contribution in [3.8, 4) is 0 Å². The van der Waals surface area contributed by atoms with E-state index >= 15 is 0 Å². The molecule has 0 radical (unpaired) electrons. The number of hydrogen-bond donors (Lipinski definition) is 2. The Morgan fingerprint density at radius 2 is 1.53 bits per heavy atom. The largest absolute Gasteiger partial charge is 0.404 e. The zero-order valence-electron chi connectivity index (χ0n) is 17.9. The van der Waals surface area contributed by atoms with Crippen LogP contribution in [0.1, 0.15) is 33.6 Å². The van der Waals surface area contributed by atoms with Crippen molar-refractivity contribution in [3.63, 3.8) is 0 Å². The minimum absolute atomic E-state index is 0.00863. The first-order chi connectivity index (χ1) is 14.4. The van der Waals surface area contributed by atoms with Crippen molar-refractivity contribution in [3.05, 3.63) is 73.2 Å². The third-order valence-electron chi connectivity index (χ3n) is 5.94. The summed E-state index contributed by atoms with van der Waals surface area (Å²) in [5.74, 6) is 0.707. The van der Waals surface area contributed by atoms with E-state index in [1.165, 1.54) is 16.7 Å². The van der Waals surface area contributed by atoms with Crippen molar-refractivity contribution in [2.45, 2.75) is 50.8 Å². The van der Waals surface area contributed by atoms with Gasteiger partial charge in [-0.05, 0) is 28.3 Å². The quantitative estimate of drug-likeness (QED) is 0.599. The van der Waals surface area contributed by atoms with E-state index in [0.717, 1.165) is 12.8 Å². The van der Waals surface area contributed by atoms with Crippen LogP contribution in [-0.4, -0.2) is 30.4 Å². The van der Waals surface area contributed by atoms with E-state index in [4.69, 9.17) is 10.2 Å². The molecule has 0 aliphatic heterocycles. The summed E-state index contributed by atoms with van der Waals surface area (Å²) in [5.41, 5.74) is 6.56. The Balaban J connectivity index is 1.60. The maximum absolute atomic E-state index is 7.14. The number of rotatable bonds is 6. The van der Waals surface area contributed by atoms with E-state index in [-0.39, 0.29) is 11.1 Å². The van der Waals surface area contributed by atoms with Crippen molar-refractivity contribution in [1.82, 2.24) is 9.97 Å². The fourth-order valence-corrected chi connectivity index (χ4v) is 9.08. The predicted octanol–water partition coefficient (Wildman–Crippen LogP) is 3.58. The predicted molar refractivity (Wildman–Crippen MR) is 126 cm³/mol. The minimum Gasteiger partial charge on any atom is -0.404 e. The summed E-state index contributed by atoms with van der Waals surface area (Å²) in [6.45, 7) is 6.94. The number of nitrogen functional groups attached to an aromatic ring is 1. The highest BCUT2D eigenvalue weighted by molar-refractivity contribution is 6.99. The van der Waals surface area contributed by atoms with Crippen molar-refractivity contribution < 1.29 is 4.43 Å². The standard InChI is InChI=1S/C24H30N4OSi/c1-24(2,3)30(20-10-6-4-7-11-20,21-12-8-5-9-13-21)29-19-14-18(15-19)28-23-22(25)16-26-17-27-23/h4-13,16-19H,14-15,25H2,1-3H3,(H,26,27,28). The lowest BCUT2D eigenvalue weighted by Gasteiger charge is -2.48. The summed E-state index contributed by atoms with van der Waals surface area (Å²) in [4.78, 5) is 8.21. The number of anilines is 2. The van der Waals surface area contributed by atoms with Gasteiger partial charge in [0.25, 0.3) is 8.32 Å². The molecule has 0 atom stereocenters. The number of nitrogens with one attached hydrogen (secondary N) is 1. The first-order valence-electron chi connectivity index (χ1n) is 10.5. The van der Waals surface area contributed by atoms with Crippen LogP contribution in [0.5, 0.6) is 0 Å². The Kier molecular flexibility index (Phi) is 5.62. The van der Waals surface area contributed by atoms with Crippen molar-refractivity contribution in [2.75, 3.05) is 11.1 Å². The zero-order chi connectivity index (χ0) is 21.2. The monoisotopic (exact) mass is 418 g/mol. The maximum atomic E-state index is 7.14. The lowest BCUT2D eigenvalue weighted by atomic mass is 9.89. The number of hydrogen-bond acceptors (Lipinski definition) is 5. The average Bonchev–Trinajstić information content (AvgIpc) is 2.71. The Hall–Kier alpha value is -2.70. The normalized spacial score (nSPS) is 19.2. The third-order valence-corrected chi connectivity index (χ3v) is 11.0. The van der Waals surface area contributed by atoms with Crippen molar-refractivity contribution in [1.29, 1.82) is 0 Å². The molecule has 0 unspecified atom stereocenters. The Morgan fingerprint density at radius 1 is 0.967 bits per heavy atom.